The number of carboxylic acids is 1. The summed E-state index contributed by atoms with van der Waals surface area (Å²) in [5, 5.41) is 10.6. The molecular formula is C26H22F3NO5. The predicted octanol–water partition coefficient (Wildman–Crippen LogP) is 6.38. The normalized spacial score (nSPS) is 11.4. The van der Waals surface area contributed by atoms with E-state index in [2.05, 4.69) is 4.74 Å². The van der Waals surface area contributed by atoms with E-state index in [0.29, 0.717) is 12.4 Å². The third kappa shape index (κ3) is 5.68. The van der Waals surface area contributed by atoms with Gasteiger partial charge in [-0.05, 0) is 66.6 Å². The summed E-state index contributed by atoms with van der Waals surface area (Å²) in [4.78, 5) is 12.0. The second kappa shape index (κ2) is 10.0. The molecular weight excluding hydrogens is 463 g/mol. The highest BCUT2D eigenvalue weighted by atomic mass is 19.4. The number of rotatable bonds is 9. The van der Waals surface area contributed by atoms with Crippen LogP contribution in [0.25, 0.3) is 22.0 Å². The summed E-state index contributed by atoms with van der Waals surface area (Å²) in [6, 6.07) is 19.8. The Labute approximate surface area is 199 Å². The Balaban J connectivity index is 1.57. The Kier molecular flexibility index (Phi) is 6.86. The molecule has 0 spiro atoms. The van der Waals surface area contributed by atoms with Crippen molar-refractivity contribution in [3.05, 3.63) is 78.5 Å². The van der Waals surface area contributed by atoms with Gasteiger partial charge in [0.1, 0.15) is 29.5 Å². The molecule has 0 aliphatic rings. The minimum atomic E-state index is -4.77. The number of fused-ring (bicyclic) bond motifs is 1. The molecule has 0 saturated carbocycles. The number of nitrogens with zero attached hydrogens (tertiary/aromatic N) is 1. The van der Waals surface area contributed by atoms with Gasteiger partial charge in [0, 0.05) is 10.9 Å². The molecule has 0 aliphatic carbocycles. The van der Waals surface area contributed by atoms with Crippen molar-refractivity contribution in [2.75, 3.05) is 13.2 Å². The van der Waals surface area contributed by atoms with Gasteiger partial charge in [0.25, 0.3) is 0 Å². The molecule has 4 aromatic rings. The molecule has 0 saturated heterocycles. The third-order valence-electron chi connectivity index (χ3n) is 5.26. The molecule has 3 aromatic carbocycles. The number of hydrogen-bond acceptors (Lipinski definition) is 4. The lowest BCUT2D eigenvalue weighted by atomic mass is 10.0. The van der Waals surface area contributed by atoms with E-state index in [-0.39, 0.29) is 24.6 Å². The molecule has 1 aromatic heterocycles. The molecule has 0 fully saturated rings. The maximum absolute atomic E-state index is 12.3. The van der Waals surface area contributed by atoms with Gasteiger partial charge in [-0.15, -0.1) is 13.2 Å². The number of carbonyl (C=O) groups is 1. The zero-order valence-corrected chi connectivity index (χ0v) is 18.7. The highest BCUT2D eigenvalue weighted by Crippen LogP contribution is 2.33. The van der Waals surface area contributed by atoms with E-state index in [1.54, 1.807) is 10.6 Å². The summed E-state index contributed by atoms with van der Waals surface area (Å²) < 4.78 is 53.7. The number of ether oxygens (including phenoxy) is 3. The quantitative estimate of drug-likeness (QED) is 0.298. The van der Waals surface area contributed by atoms with Gasteiger partial charge in [-0.1, -0.05) is 24.3 Å². The Hall–Kier alpha value is -4.14. The van der Waals surface area contributed by atoms with Crippen molar-refractivity contribution >= 4 is 16.9 Å². The van der Waals surface area contributed by atoms with Crippen LogP contribution in [0.5, 0.6) is 17.2 Å². The van der Waals surface area contributed by atoms with Gasteiger partial charge in [0.05, 0.1) is 13.2 Å². The first-order chi connectivity index (χ1) is 16.7. The SMILES string of the molecule is CCOc1cccc(-c2cccc3c2cc(C(=O)O)n3CCOc2ccc(OC(F)(F)F)cc2)c1. The van der Waals surface area contributed by atoms with Gasteiger partial charge in [-0.25, -0.2) is 4.79 Å². The molecule has 0 bridgehead atoms. The Bertz CT molecular complexity index is 1330. The predicted molar refractivity (Wildman–Crippen MR) is 124 cm³/mol. The molecule has 6 nitrogen and oxygen atoms in total. The highest BCUT2D eigenvalue weighted by molar-refractivity contribution is 6.01. The maximum atomic E-state index is 12.3. The van der Waals surface area contributed by atoms with Crippen molar-refractivity contribution < 1.29 is 37.3 Å². The van der Waals surface area contributed by atoms with E-state index in [0.717, 1.165) is 39.9 Å². The lowest BCUT2D eigenvalue weighted by Gasteiger charge is -2.12. The molecule has 0 amide bonds. The molecule has 0 radical (unpaired) electrons. The third-order valence-corrected chi connectivity index (χ3v) is 5.26. The van der Waals surface area contributed by atoms with Crippen LogP contribution in [0.4, 0.5) is 13.2 Å². The lowest BCUT2D eigenvalue weighted by molar-refractivity contribution is -0.274. The smallest absolute Gasteiger partial charge is 0.494 e. The molecule has 0 atom stereocenters. The van der Waals surface area contributed by atoms with Crippen molar-refractivity contribution in [1.82, 2.24) is 4.57 Å². The fourth-order valence-electron chi connectivity index (χ4n) is 3.87. The zero-order chi connectivity index (χ0) is 25.0. The van der Waals surface area contributed by atoms with Crippen molar-refractivity contribution in [2.24, 2.45) is 0 Å². The summed E-state index contributed by atoms with van der Waals surface area (Å²) in [5.74, 6) is -0.375. The molecule has 0 aliphatic heterocycles. The summed E-state index contributed by atoms with van der Waals surface area (Å²) >= 11 is 0. The lowest BCUT2D eigenvalue weighted by Crippen LogP contribution is -2.17. The molecule has 4 rings (SSSR count). The number of aromatic carboxylic acids is 1. The van der Waals surface area contributed by atoms with Gasteiger partial charge in [0.2, 0.25) is 0 Å². The second-order valence-electron chi connectivity index (χ2n) is 7.55. The van der Waals surface area contributed by atoms with E-state index in [9.17, 15) is 23.1 Å². The number of alkyl halides is 3. The molecule has 1 N–H and O–H groups in total. The van der Waals surface area contributed by atoms with E-state index in [1.165, 1.54) is 12.1 Å². The fraction of sp³-hybridized carbons (Fsp3) is 0.192. The average Bonchev–Trinajstić information content (AvgIpc) is 3.19. The van der Waals surface area contributed by atoms with Crippen LogP contribution in [0.1, 0.15) is 17.4 Å². The van der Waals surface area contributed by atoms with Gasteiger partial charge in [0.15, 0.2) is 0 Å². The number of carboxylic acid groups (broad SMARTS) is 1. The van der Waals surface area contributed by atoms with Crippen molar-refractivity contribution in [3.63, 3.8) is 0 Å². The van der Waals surface area contributed by atoms with Crippen molar-refractivity contribution in [1.29, 1.82) is 0 Å². The van der Waals surface area contributed by atoms with Crippen LogP contribution in [-0.2, 0) is 6.54 Å². The molecule has 0 unspecified atom stereocenters. The van der Waals surface area contributed by atoms with Crippen LogP contribution >= 0.6 is 0 Å². The Morgan fingerprint density at radius 2 is 1.63 bits per heavy atom. The van der Waals surface area contributed by atoms with Crippen LogP contribution in [0.2, 0.25) is 0 Å². The topological polar surface area (TPSA) is 69.9 Å². The Morgan fingerprint density at radius 1 is 0.914 bits per heavy atom. The second-order valence-corrected chi connectivity index (χ2v) is 7.55. The maximum Gasteiger partial charge on any atom is 0.573 e. The summed E-state index contributed by atoms with van der Waals surface area (Å²) in [5.41, 5.74) is 2.59. The minimum absolute atomic E-state index is 0.103. The fourth-order valence-corrected chi connectivity index (χ4v) is 3.87. The number of hydrogen-bond donors (Lipinski definition) is 1. The zero-order valence-electron chi connectivity index (χ0n) is 18.7. The Morgan fingerprint density at radius 3 is 2.31 bits per heavy atom. The van der Waals surface area contributed by atoms with Crippen LogP contribution in [0.15, 0.2) is 72.8 Å². The average molecular weight is 485 g/mol. The van der Waals surface area contributed by atoms with Gasteiger partial charge >= 0.3 is 12.3 Å². The largest absolute Gasteiger partial charge is 0.573 e. The first-order valence-electron chi connectivity index (χ1n) is 10.8. The number of aromatic nitrogens is 1. The van der Waals surface area contributed by atoms with E-state index < -0.39 is 12.3 Å². The van der Waals surface area contributed by atoms with Gasteiger partial charge < -0.3 is 23.9 Å². The molecule has 35 heavy (non-hydrogen) atoms. The highest BCUT2D eigenvalue weighted by Gasteiger charge is 2.31. The first kappa shape index (κ1) is 24.0. The van der Waals surface area contributed by atoms with Crippen molar-refractivity contribution in [3.8, 4) is 28.4 Å². The van der Waals surface area contributed by atoms with Crippen LogP contribution < -0.4 is 14.2 Å². The monoisotopic (exact) mass is 485 g/mol. The van der Waals surface area contributed by atoms with Crippen LogP contribution in [0, 0.1) is 0 Å². The molecule has 9 heteroatoms. The summed E-state index contributed by atoms with van der Waals surface area (Å²) in [6.45, 7) is 2.76. The summed E-state index contributed by atoms with van der Waals surface area (Å²) in [7, 11) is 0. The first-order valence-corrected chi connectivity index (χ1v) is 10.8. The van der Waals surface area contributed by atoms with Gasteiger partial charge in [-0.3, -0.25) is 0 Å². The van der Waals surface area contributed by atoms with E-state index in [1.807, 2.05) is 49.4 Å². The molecule has 1 heterocycles. The number of benzene rings is 3. The molecule has 182 valence electrons. The van der Waals surface area contributed by atoms with Crippen LogP contribution in [-0.4, -0.2) is 35.2 Å². The van der Waals surface area contributed by atoms with Crippen molar-refractivity contribution in [2.45, 2.75) is 19.8 Å². The standard InChI is InChI=1S/C26H22F3NO5/c1-2-33-20-6-3-5-17(15-20)21-7-4-8-23-22(21)16-24(25(31)32)30(23)13-14-34-18-9-11-19(12-10-18)35-26(27,28)29/h3-12,15-16H,2,13-14H2,1H3,(H,31,32). The van der Waals surface area contributed by atoms with E-state index >= 15 is 0 Å². The van der Waals surface area contributed by atoms with Crippen LogP contribution in [0.3, 0.4) is 0 Å². The van der Waals surface area contributed by atoms with E-state index in [4.69, 9.17) is 9.47 Å². The number of halogens is 3. The van der Waals surface area contributed by atoms with Gasteiger partial charge in [-0.2, -0.15) is 0 Å². The minimum Gasteiger partial charge on any atom is -0.494 e. The summed E-state index contributed by atoms with van der Waals surface area (Å²) in [6.07, 6.45) is -4.77.